The average molecular weight is 96.1 g/mol. The summed E-state index contributed by atoms with van der Waals surface area (Å²) in [4.78, 5) is 1.39. The molecule has 0 aromatic rings. The summed E-state index contributed by atoms with van der Waals surface area (Å²) in [6.07, 6.45) is 4.96. The molecule has 0 atom stereocenters. The van der Waals surface area contributed by atoms with Gasteiger partial charge in [0, 0.05) is 0 Å². The molecule has 0 N–H and O–H groups in total. The van der Waals surface area contributed by atoms with Crippen LogP contribution in [0.4, 0.5) is 0 Å². The Kier molecular flexibility index (Phi) is 0.868. The molecule has 0 aromatic carbocycles. The van der Waals surface area contributed by atoms with Crippen LogP contribution >= 0.6 is 0 Å². The van der Waals surface area contributed by atoms with E-state index in [1.807, 2.05) is 6.19 Å². The summed E-state index contributed by atoms with van der Waals surface area (Å²) in [5.74, 6) is 0. The highest BCUT2D eigenvalue weighted by Gasteiger charge is 1.99. The van der Waals surface area contributed by atoms with Crippen molar-refractivity contribution in [3.63, 3.8) is 0 Å². The number of hydrogen-bond acceptors (Lipinski definition) is 3. The molecule has 0 aromatic heterocycles. The summed E-state index contributed by atoms with van der Waals surface area (Å²) >= 11 is 0. The molecule has 1 rings (SSSR count). The van der Waals surface area contributed by atoms with Crippen molar-refractivity contribution in [3.05, 3.63) is 12.5 Å². The van der Waals surface area contributed by atoms with Crippen molar-refractivity contribution in [1.82, 2.24) is 4.90 Å². The van der Waals surface area contributed by atoms with Gasteiger partial charge in [0.15, 0.2) is 12.9 Å². The lowest BCUT2D eigenvalue weighted by Crippen LogP contribution is -2.05. The molecule has 0 unspecified atom stereocenters. The standard InChI is InChI=1S/C4H4N2O/c5-3-6-1-2-7-4-6/h1-2H,4H2. The van der Waals surface area contributed by atoms with E-state index in [0.29, 0.717) is 6.73 Å². The molecule has 0 amide bonds. The highest BCUT2D eigenvalue weighted by atomic mass is 16.5. The molecule has 0 saturated heterocycles. The summed E-state index contributed by atoms with van der Waals surface area (Å²) in [5, 5.41) is 8.11. The second kappa shape index (κ2) is 1.52. The third-order valence-corrected chi connectivity index (χ3v) is 0.679. The monoisotopic (exact) mass is 96.0 g/mol. The Hall–Kier alpha value is -1.17. The van der Waals surface area contributed by atoms with Crippen molar-refractivity contribution in [3.8, 4) is 6.19 Å². The first-order valence-electron chi connectivity index (χ1n) is 1.88. The minimum Gasteiger partial charge on any atom is -0.478 e. The first kappa shape index (κ1) is 4.00. The lowest BCUT2D eigenvalue weighted by atomic mass is 10.8. The van der Waals surface area contributed by atoms with E-state index in [-0.39, 0.29) is 0 Å². The predicted octanol–water partition coefficient (Wildman–Crippen LogP) is 0.228. The second-order valence-corrected chi connectivity index (χ2v) is 1.15. The van der Waals surface area contributed by atoms with Crippen molar-refractivity contribution < 1.29 is 4.74 Å². The lowest BCUT2D eigenvalue weighted by molar-refractivity contribution is 0.208. The summed E-state index contributed by atoms with van der Waals surface area (Å²) < 4.78 is 4.67. The van der Waals surface area contributed by atoms with E-state index in [2.05, 4.69) is 4.74 Å². The fourth-order valence-corrected chi connectivity index (χ4v) is 0.345. The molecule has 1 aliphatic heterocycles. The van der Waals surface area contributed by atoms with Crippen molar-refractivity contribution >= 4 is 0 Å². The molecule has 0 aliphatic carbocycles. The fourth-order valence-electron chi connectivity index (χ4n) is 0.345. The zero-order chi connectivity index (χ0) is 5.11. The Morgan fingerprint density at radius 1 is 1.86 bits per heavy atom. The van der Waals surface area contributed by atoms with Gasteiger partial charge in [-0.15, -0.1) is 0 Å². The van der Waals surface area contributed by atoms with Crippen LogP contribution in [0.25, 0.3) is 0 Å². The van der Waals surface area contributed by atoms with Crippen LogP contribution in [0.3, 0.4) is 0 Å². The summed E-state index contributed by atoms with van der Waals surface area (Å²) in [7, 11) is 0. The number of ether oxygens (including phenoxy) is 1. The van der Waals surface area contributed by atoms with Crippen LogP contribution in [-0.4, -0.2) is 11.6 Å². The zero-order valence-electron chi connectivity index (χ0n) is 3.66. The smallest absolute Gasteiger partial charge is 0.186 e. The lowest BCUT2D eigenvalue weighted by Gasteiger charge is -1.96. The van der Waals surface area contributed by atoms with Crippen molar-refractivity contribution in [2.75, 3.05) is 6.73 Å². The summed E-state index contributed by atoms with van der Waals surface area (Å²) in [6, 6.07) is 0. The zero-order valence-corrected chi connectivity index (χ0v) is 3.66. The Balaban J connectivity index is 2.47. The van der Waals surface area contributed by atoms with Crippen LogP contribution in [0.5, 0.6) is 0 Å². The molecule has 3 nitrogen and oxygen atoms in total. The van der Waals surface area contributed by atoms with E-state index < -0.39 is 0 Å². The summed E-state index contributed by atoms with van der Waals surface area (Å²) in [6.45, 7) is 0.372. The maximum absolute atomic E-state index is 8.11. The van der Waals surface area contributed by atoms with Gasteiger partial charge in [0.05, 0.1) is 6.20 Å². The molecule has 0 bridgehead atoms. The van der Waals surface area contributed by atoms with E-state index >= 15 is 0 Å². The number of nitrogens with zero attached hydrogens (tertiary/aromatic N) is 2. The molecule has 0 spiro atoms. The molecule has 1 aliphatic rings. The molecular formula is C4H4N2O. The van der Waals surface area contributed by atoms with Crippen LogP contribution < -0.4 is 0 Å². The highest BCUT2D eigenvalue weighted by molar-refractivity contribution is 4.88. The maximum Gasteiger partial charge on any atom is 0.186 e. The highest BCUT2D eigenvalue weighted by Crippen LogP contribution is 1.95. The van der Waals surface area contributed by atoms with Crippen LogP contribution in [-0.2, 0) is 4.74 Å². The number of nitriles is 1. The van der Waals surface area contributed by atoms with Gasteiger partial charge < -0.3 is 4.74 Å². The van der Waals surface area contributed by atoms with Crippen LogP contribution in [0.1, 0.15) is 0 Å². The van der Waals surface area contributed by atoms with Gasteiger partial charge in [-0.25, -0.2) is 4.90 Å². The number of rotatable bonds is 0. The molecule has 7 heavy (non-hydrogen) atoms. The van der Waals surface area contributed by atoms with E-state index in [9.17, 15) is 0 Å². The van der Waals surface area contributed by atoms with Crippen molar-refractivity contribution in [2.24, 2.45) is 0 Å². The number of hydrogen-bond donors (Lipinski definition) is 0. The third kappa shape index (κ3) is 0.631. The Labute approximate surface area is 41.4 Å². The predicted molar refractivity (Wildman–Crippen MR) is 22.5 cm³/mol. The Morgan fingerprint density at radius 2 is 2.71 bits per heavy atom. The van der Waals surface area contributed by atoms with Crippen LogP contribution in [0.2, 0.25) is 0 Å². The minimum atomic E-state index is 0.372. The maximum atomic E-state index is 8.11. The van der Waals surface area contributed by atoms with Gasteiger partial charge in [-0.3, -0.25) is 0 Å². The average Bonchev–Trinajstić information content (AvgIpc) is 2.14. The molecule has 0 fully saturated rings. The first-order valence-corrected chi connectivity index (χ1v) is 1.88. The Bertz CT molecular complexity index is 124. The van der Waals surface area contributed by atoms with Gasteiger partial charge >= 0.3 is 0 Å². The quantitative estimate of drug-likeness (QED) is 0.405. The first-order chi connectivity index (χ1) is 3.43. The topological polar surface area (TPSA) is 36.3 Å². The molecule has 1 heterocycles. The van der Waals surface area contributed by atoms with Crippen molar-refractivity contribution in [2.45, 2.75) is 0 Å². The molecular weight excluding hydrogens is 92.1 g/mol. The normalized spacial score (nSPS) is 16.1. The molecule has 0 saturated carbocycles. The van der Waals surface area contributed by atoms with E-state index in [1.54, 1.807) is 6.20 Å². The van der Waals surface area contributed by atoms with E-state index in [4.69, 9.17) is 5.26 Å². The van der Waals surface area contributed by atoms with Gasteiger partial charge in [0.2, 0.25) is 0 Å². The SMILES string of the molecule is N#CN1C=COC1. The second-order valence-electron chi connectivity index (χ2n) is 1.15. The minimum absolute atomic E-state index is 0.372. The van der Waals surface area contributed by atoms with Crippen molar-refractivity contribution in [1.29, 1.82) is 5.26 Å². The molecule has 3 heteroatoms. The van der Waals surface area contributed by atoms with Crippen LogP contribution in [0, 0.1) is 11.5 Å². The van der Waals surface area contributed by atoms with Gasteiger partial charge in [-0.2, -0.15) is 5.26 Å². The molecule has 0 radical (unpaired) electrons. The van der Waals surface area contributed by atoms with Gasteiger partial charge in [-0.05, 0) is 0 Å². The van der Waals surface area contributed by atoms with Gasteiger partial charge in [-0.1, -0.05) is 0 Å². The third-order valence-electron chi connectivity index (χ3n) is 0.679. The van der Waals surface area contributed by atoms with Gasteiger partial charge in [0.1, 0.15) is 6.26 Å². The van der Waals surface area contributed by atoms with Gasteiger partial charge in [0.25, 0.3) is 0 Å². The van der Waals surface area contributed by atoms with E-state index in [1.165, 1.54) is 11.2 Å². The Morgan fingerprint density at radius 3 is 3.00 bits per heavy atom. The van der Waals surface area contributed by atoms with Crippen LogP contribution in [0.15, 0.2) is 12.5 Å². The molecule has 36 valence electrons. The van der Waals surface area contributed by atoms with E-state index in [0.717, 1.165) is 0 Å². The fraction of sp³-hybridized carbons (Fsp3) is 0.250. The largest absolute Gasteiger partial charge is 0.478 e. The summed E-state index contributed by atoms with van der Waals surface area (Å²) in [5.41, 5.74) is 0.